The minimum atomic E-state index is 0.688. The van der Waals surface area contributed by atoms with Crippen molar-refractivity contribution in [3.63, 3.8) is 0 Å². The van der Waals surface area contributed by atoms with Crippen molar-refractivity contribution in [2.45, 2.75) is 65.2 Å². The smallest absolute Gasteiger partial charge is 0.0323 e. The molecule has 44 heavy (non-hydrogen) atoms. The van der Waals surface area contributed by atoms with Crippen molar-refractivity contribution in [2.75, 3.05) is 11.5 Å². The Hall–Kier alpha value is -4.56. The molecule has 0 radical (unpaired) electrons. The van der Waals surface area contributed by atoms with Gasteiger partial charge in [0.2, 0.25) is 0 Å². The van der Waals surface area contributed by atoms with Crippen LogP contribution < -0.4 is 11.5 Å². The van der Waals surface area contributed by atoms with E-state index < -0.39 is 0 Å². The molecule has 2 aliphatic rings. The van der Waals surface area contributed by atoms with Crippen LogP contribution in [0.2, 0.25) is 0 Å². The van der Waals surface area contributed by atoms with Gasteiger partial charge in [-0.3, -0.25) is 0 Å². The van der Waals surface area contributed by atoms with Crippen molar-refractivity contribution in [1.82, 2.24) is 0 Å². The predicted octanol–water partition coefficient (Wildman–Crippen LogP) is 10.9. The second kappa shape index (κ2) is 11.2. The van der Waals surface area contributed by atoms with E-state index in [1.54, 1.807) is 0 Å². The lowest BCUT2D eigenvalue weighted by Gasteiger charge is -2.10. The van der Waals surface area contributed by atoms with Gasteiger partial charge in [0.05, 0.1) is 0 Å². The van der Waals surface area contributed by atoms with Crippen LogP contribution in [-0.2, 0) is 12.8 Å². The standard InChI is InChI=1S/2C21H21N/c1-13-3-4-17-10-15(5-7-20(13)17)16-6-8-21-14(2)9-19(22)12-18(21)11-16;1-13-3-4-15-5-6-17(12-21(13)15)16-7-8-20-14(2)9-19(22)11-18(20)10-16/h2*5-13H,3-4,22H2,1-2H3. The van der Waals surface area contributed by atoms with Crippen LogP contribution in [0.25, 0.3) is 43.8 Å². The zero-order valence-corrected chi connectivity index (χ0v) is 26.4. The monoisotopic (exact) mass is 574 g/mol. The third-order valence-corrected chi connectivity index (χ3v) is 10.1. The number of aryl methyl sites for hydroxylation is 4. The summed E-state index contributed by atoms with van der Waals surface area (Å²) < 4.78 is 0. The van der Waals surface area contributed by atoms with Crippen LogP contribution in [0.1, 0.15) is 71.9 Å². The minimum absolute atomic E-state index is 0.688. The van der Waals surface area contributed by atoms with E-state index in [1.165, 1.54) is 103 Å². The molecule has 2 aliphatic carbocycles. The molecule has 0 heterocycles. The molecule has 2 heteroatoms. The Morgan fingerprint density at radius 2 is 0.955 bits per heavy atom. The molecule has 6 aromatic rings. The third kappa shape index (κ3) is 5.24. The minimum Gasteiger partial charge on any atom is -0.399 e. The Morgan fingerprint density at radius 1 is 0.477 bits per heavy atom. The van der Waals surface area contributed by atoms with Gasteiger partial charge in [-0.1, -0.05) is 74.5 Å². The highest BCUT2D eigenvalue weighted by molar-refractivity contribution is 5.93. The summed E-state index contributed by atoms with van der Waals surface area (Å²) >= 11 is 0. The highest BCUT2D eigenvalue weighted by Crippen LogP contribution is 2.38. The fourth-order valence-electron chi connectivity index (χ4n) is 7.54. The Kier molecular flexibility index (Phi) is 7.17. The Bertz CT molecular complexity index is 2050. The van der Waals surface area contributed by atoms with E-state index in [4.69, 9.17) is 11.5 Å². The first-order chi connectivity index (χ1) is 21.2. The van der Waals surface area contributed by atoms with Crippen LogP contribution in [0.5, 0.6) is 0 Å². The van der Waals surface area contributed by atoms with Crippen LogP contribution >= 0.6 is 0 Å². The zero-order chi connectivity index (χ0) is 30.5. The van der Waals surface area contributed by atoms with Crippen molar-refractivity contribution in [3.8, 4) is 22.3 Å². The summed E-state index contributed by atoms with van der Waals surface area (Å²) in [5, 5.41) is 5.02. The van der Waals surface area contributed by atoms with Gasteiger partial charge in [0.1, 0.15) is 0 Å². The highest BCUT2D eigenvalue weighted by atomic mass is 14.5. The first-order valence-corrected chi connectivity index (χ1v) is 16.1. The number of hydrogen-bond acceptors (Lipinski definition) is 2. The molecule has 4 N–H and O–H groups in total. The SMILES string of the molecule is Cc1cc(N)cc2cc(-c3ccc4c(c3)C(C)CC4)ccc12.Cc1cc(N)cc2cc(-c3ccc4c(c3)CCC4C)ccc12. The molecule has 0 spiro atoms. The van der Waals surface area contributed by atoms with Crippen LogP contribution in [0.4, 0.5) is 11.4 Å². The molecular weight excluding hydrogens is 532 g/mol. The first kappa shape index (κ1) is 28.2. The van der Waals surface area contributed by atoms with Crippen LogP contribution in [0.3, 0.4) is 0 Å². The summed E-state index contributed by atoms with van der Waals surface area (Å²) in [4.78, 5) is 0. The first-order valence-electron chi connectivity index (χ1n) is 16.1. The van der Waals surface area contributed by atoms with Gasteiger partial charge in [0.25, 0.3) is 0 Å². The molecule has 6 aromatic carbocycles. The van der Waals surface area contributed by atoms with Gasteiger partial charge in [-0.05, 0) is 165 Å². The van der Waals surface area contributed by atoms with Crippen molar-refractivity contribution in [1.29, 1.82) is 0 Å². The van der Waals surface area contributed by atoms with Gasteiger partial charge >= 0.3 is 0 Å². The summed E-state index contributed by atoms with van der Waals surface area (Å²) in [6.07, 6.45) is 5.01. The lowest BCUT2D eigenvalue weighted by atomic mass is 9.95. The molecular formula is C42H42N2. The molecule has 2 atom stereocenters. The van der Waals surface area contributed by atoms with Crippen molar-refractivity contribution < 1.29 is 0 Å². The summed E-state index contributed by atoms with van der Waals surface area (Å²) in [5.41, 5.74) is 27.5. The van der Waals surface area contributed by atoms with Crippen LogP contribution in [-0.4, -0.2) is 0 Å². The Morgan fingerprint density at radius 3 is 1.57 bits per heavy atom. The fourth-order valence-corrected chi connectivity index (χ4v) is 7.54. The summed E-state index contributed by atoms with van der Waals surface area (Å²) in [7, 11) is 0. The average molecular weight is 575 g/mol. The van der Waals surface area contributed by atoms with Gasteiger partial charge in [-0.2, -0.15) is 0 Å². The molecule has 0 bridgehead atoms. The van der Waals surface area contributed by atoms with Gasteiger partial charge in [0, 0.05) is 11.4 Å². The molecule has 0 fully saturated rings. The Labute approximate surface area is 261 Å². The molecule has 8 rings (SSSR count). The van der Waals surface area contributed by atoms with Crippen molar-refractivity contribution in [2.24, 2.45) is 0 Å². The maximum absolute atomic E-state index is 6.01. The number of anilines is 2. The van der Waals surface area contributed by atoms with Gasteiger partial charge in [-0.25, -0.2) is 0 Å². The molecule has 0 aliphatic heterocycles. The number of hydrogen-bond donors (Lipinski definition) is 2. The van der Waals surface area contributed by atoms with Crippen LogP contribution in [0, 0.1) is 13.8 Å². The highest BCUT2D eigenvalue weighted by Gasteiger charge is 2.20. The summed E-state index contributed by atoms with van der Waals surface area (Å²) in [5.74, 6) is 1.40. The summed E-state index contributed by atoms with van der Waals surface area (Å²) in [6, 6.07) is 35.6. The number of nitrogen functional groups attached to an aromatic ring is 2. The molecule has 0 saturated carbocycles. The summed E-state index contributed by atoms with van der Waals surface area (Å²) in [6.45, 7) is 8.90. The average Bonchev–Trinajstić information content (AvgIpc) is 3.57. The molecule has 2 unspecified atom stereocenters. The number of fused-ring (bicyclic) bond motifs is 4. The van der Waals surface area contributed by atoms with E-state index >= 15 is 0 Å². The second-order valence-corrected chi connectivity index (χ2v) is 13.3. The maximum atomic E-state index is 6.01. The van der Waals surface area contributed by atoms with Crippen molar-refractivity contribution in [3.05, 3.63) is 130 Å². The second-order valence-electron chi connectivity index (χ2n) is 13.3. The predicted molar refractivity (Wildman–Crippen MR) is 191 cm³/mol. The van der Waals surface area contributed by atoms with E-state index in [9.17, 15) is 0 Å². The molecule has 0 saturated heterocycles. The van der Waals surface area contributed by atoms with E-state index in [-0.39, 0.29) is 0 Å². The quantitative estimate of drug-likeness (QED) is 0.202. The largest absolute Gasteiger partial charge is 0.399 e. The van der Waals surface area contributed by atoms with Gasteiger partial charge in [-0.15, -0.1) is 0 Å². The van der Waals surface area contributed by atoms with E-state index in [1.807, 2.05) is 12.1 Å². The topological polar surface area (TPSA) is 52.0 Å². The molecule has 0 aromatic heterocycles. The molecule has 220 valence electrons. The lowest BCUT2D eigenvalue weighted by molar-refractivity contribution is 0.747. The molecule has 0 amide bonds. The number of rotatable bonds is 2. The third-order valence-electron chi connectivity index (χ3n) is 10.1. The van der Waals surface area contributed by atoms with Gasteiger partial charge < -0.3 is 11.5 Å². The normalized spacial score (nSPS) is 16.9. The van der Waals surface area contributed by atoms with E-state index in [0.717, 1.165) is 11.4 Å². The number of benzene rings is 6. The van der Waals surface area contributed by atoms with Crippen molar-refractivity contribution >= 4 is 32.9 Å². The fraction of sp³-hybridized carbons (Fsp3) is 0.238. The maximum Gasteiger partial charge on any atom is 0.0323 e. The van der Waals surface area contributed by atoms with Crippen LogP contribution in [0.15, 0.2) is 97.1 Å². The van der Waals surface area contributed by atoms with E-state index in [2.05, 4.69) is 113 Å². The lowest BCUT2D eigenvalue weighted by Crippen LogP contribution is -1.90. The van der Waals surface area contributed by atoms with E-state index in [0.29, 0.717) is 11.8 Å². The zero-order valence-electron chi connectivity index (χ0n) is 26.4. The number of nitrogens with two attached hydrogens (primary N) is 2. The molecule has 2 nitrogen and oxygen atoms in total. The van der Waals surface area contributed by atoms with Gasteiger partial charge in [0.15, 0.2) is 0 Å². The Balaban J connectivity index is 0.000000142.